The standard InChI is InChI=1S/C85H60N6Si2/c1-8-32-61(33-9-1)82-88-83(63-35-31-49-71(59-63)93(67-42-16-5-17-43-67,68-44-18-6-19-45-68)69-46-20-7-21-47-69)90-85(89-82)77-55-25-23-51-73(77)72-50-22-24-54-76(72)84-86-78(60-81(87-84)91-79-56-28-26-52-74(79)75-53-27-29-57-80(75)91)62-34-30-48-70(58-62)92(64-36-10-2-11-37-64,65-38-12-3-13-39-65)66-40-14-4-15-41-66/h1-60H. The van der Waals surface area contributed by atoms with Crippen LogP contribution in [0.2, 0.25) is 0 Å². The number of fused-ring (bicyclic) bond motifs is 3. The lowest BCUT2D eigenvalue weighted by Gasteiger charge is -2.34. The molecule has 93 heavy (non-hydrogen) atoms. The van der Waals surface area contributed by atoms with Crippen LogP contribution in [-0.2, 0) is 0 Å². The third-order valence-electron chi connectivity index (χ3n) is 18.2. The first-order chi connectivity index (χ1) is 46.1. The quantitative estimate of drug-likeness (QED) is 0.0756. The Balaban J connectivity index is 0.894. The van der Waals surface area contributed by atoms with Gasteiger partial charge in [-0.05, 0) is 64.8 Å². The third-order valence-corrected chi connectivity index (χ3v) is 27.8. The summed E-state index contributed by atoms with van der Waals surface area (Å²) in [5, 5.41) is 12.5. The van der Waals surface area contributed by atoms with Crippen LogP contribution in [0.1, 0.15) is 0 Å². The molecular formula is C85H60N6Si2. The molecule has 0 saturated heterocycles. The Hall–Kier alpha value is -11.8. The van der Waals surface area contributed by atoms with Crippen LogP contribution in [0.25, 0.3) is 95.6 Å². The van der Waals surface area contributed by atoms with Crippen molar-refractivity contribution in [2.45, 2.75) is 0 Å². The molecule has 16 rings (SSSR count). The van der Waals surface area contributed by atoms with Gasteiger partial charge >= 0.3 is 0 Å². The summed E-state index contributed by atoms with van der Waals surface area (Å²) in [6.45, 7) is 0. The summed E-state index contributed by atoms with van der Waals surface area (Å²) in [5.74, 6) is 3.05. The first-order valence-electron chi connectivity index (χ1n) is 31.6. The van der Waals surface area contributed by atoms with Crippen LogP contribution in [0, 0.1) is 0 Å². The van der Waals surface area contributed by atoms with Crippen molar-refractivity contribution in [1.82, 2.24) is 29.5 Å². The SMILES string of the molecule is c1ccc(-c2nc(-c3cccc([Si](c4ccccc4)(c4ccccc4)c4ccccc4)c3)nc(-c3ccccc3-c3ccccc3-c3nc(-c4cccc([Si](c5ccccc5)(c5ccccc5)c5ccccc5)c4)cc(-n4c5ccccc5c5ccccc54)n3)n2)cc1. The number of hydrogen-bond donors (Lipinski definition) is 0. The predicted octanol–water partition coefficient (Wildman–Crippen LogP) is 14.5. The van der Waals surface area contributed by atoms with Gasteiger partial charge in [0.2, 0.25) is 0 Å². The maximum Gasteiger partial charge on any atom is 0.179 e. The zero-order chi connectivity index (χ0) is 62.0. The van der Waals surface area contributed by atoms with Gasteiger partial charge in [0.15, 0.2) is 39.4 Å². The van der Waals surface area contributed by atoms with E-state index in [-0.39, 0.29) is 0 Å². The van der Waals surface area contributed by atoms with Gasteiger partial charge in [-0.1, -0.05) is 346 Å². The molecule has 0 bridgehead atoms. The molecule has 13 aromatic carbocycles. The molecule has 438 valence electrons. The number of benzene rings is 13. The van der Waals surface area contributed by atoms with Gasteiger partial charge in [-0.15, -0.1) is 0 Å². The Morgan fingerprint density at radius 2 is 0.505 bits per heavy atom. The molecule has 3 heterocycles. The molecule has 0 aliphatic rings. The highest BCUT2D eigenvalue weighted by Crippen LogP contribution is 2.39. The highest BCUT2D eigenvalue weighted by molar-refractivity contribution is 7.20. The molecular weight excluding hydrogens is 1160 g/mol. The van der Waals surface area contributed by atoms with Gasteiger partial charge in [0, 0.05) is 44.7 Å². The molecule has 8 heteroatoms. The summed E-state index contributed by atoms with van der Waals surface area (Å²) < 4.78 is 2.30. The van der Waals surface area contributed by atoms with E-state index in [2.05, 4.69) is 350 Å². The first kappa shape index (κ1) is 56.4. The number of nitrogens with zero attached hydrogens (tertiary/aromatic N) is 6. The first-order valence-corrected chi connectivity index (χ1v) is 35.6. The van der Waals surface area contributed by atoms with Gasteiger partial charge in [-0.25, -0.2) is 24.9 Å². The molecule has 0 amide bonds. The minimum Gasteiger partial charge on any atom is -0.294 e. The maximum atomic E-state index is 5.73. The second-order valence-corrected chi connectivity index (χ2v) is 31.0. The Morgan fingerprint density at radius 3 is 0.935 bits per heavy atom. The van der Waals surface area contributed by atoms with Crippen LogP contribution >= 0.6 is 0 Å². The minimum absolute atomic E-state index is 0.549. The van der Waals surface area contributed by atoms with Crippen molar-refractivity contribution in [1.29, 1.82) is 0 Å². The summed E-state index contributed by atoms with van der Waals surface area (Å²) in [4.78, 5) is 27.8. The molecule has 6 nitrogen and oxygen atoms in total. The predicted molar refractivity (Wildman–Crippen MR) is 390 cm³/mol. The molecule has 0 unspecified atom stereocenters. The Kier molecular flexibility index (Phi) is 14.9. The van der Waals surface area contributed by atoms with Crippen LogP contribution < -0.4 is 41.5 Å². The van der Waals surface area contributed by atoms with Crippen molar-refractivity contribution in [3.05, 3.63) is 364 Å². The van der Waals surface area contributed by atoms with E-state index in [4.69, 9.17) is 24.9 Å². The van der Waals surface area contributed by atoms with Gasteiger partial charge in [-0.2, -0.15) is 0 Å². The fourth-order valence-corrected chi connectivity index (χ4v) is 23.7. The van der Waals surface area contributed by atoms with Crippen LogP contribution in [0.5, 0.6) is 0 Å². The number of aromatic nitrogens is 6. The lowest BCUT2D eigenvalue weighted by molar-refractivity contribution is 1.05. The number of hydrogen-bond acceptors (Lipinski definition) is 5. The zero-order valence-electron chi connectivity index (χ0n) is 50.8. The molecule has 0 aliphatic heterocycles. The molecule has 0 spiro atoms. The van der Waals surface area contributed by atoms with E-state index in [9.17, 15) is 0 Å². The van der Waals surface area contributed by atoms with Gasteiger partial charge in [-0.3, -0.25) is 4.57 Å². The van der Waals surface area contributed by atoms with Crippen molar-refractivity contribution in [3.8, 4) is 73.8 Å². The van der Waals surface area contributed by atoms with E-state index in [0.717, 1.165) is 72.3 Å². The second kappa shape index (κ2) is 24.5. The van der Waals surface area contributed by atoms with E-state index in [1.165, 1.54) is 41.5 Å². The summed E-state index contributed by atoms with van der Waals surface area (Å²) in [6, 6.07) is 131. The van der Waals surface area contributed by atoms with E-state index in [1.54, 1.807) is 0 Å². The topological polar surface area (TPSA) is 69.4 Å². The van der Waals surface area contributed by atoms with Gasteiger partial charge in [0.25, 0.3) is 0 Å². The van der Waals surface area contributed by atoms with Crippen molar-refractivity contribution in [2.24, 2.45) is 0 Å². The second-order valence-electron chi connectivity index (χ2n) is 23.4. The van der Waals surface area contributed by atoms with Crippen molar-refractivity contribution < 1.29 is 0 Å². The van der Waals surface area contributed by atoms with E-state index in [0.29, 0.717) is 23.3 Å². The van der Waals surface area contributed by atoms with Crippen molar-refractivity contribution in [3.63, 3.8) is 0 Å². The molecule has 0 aliphatic carbocycles. The van der Waals surface area contributed by atoms with Crippen molar-refractivity contribution in [2.75, 3.05) is 0 Å². The highest BCUT2D eigenvalue weighted by Gasteiger charge is 2.43. The Morgan fingerprint density at radius 1 is 0.204 bits per heavy atom. The van der Waals surface area contributed by atoms with Crippen LogP contribution in [0.4, 0.5) is 0 Å². The summed E-state index contributed by atoms with van der Waals surface area (Å²) in [6.07, 6.45) is 0. The average Bonchev–Trinajstić information content (AvgIpc) is 1.71. The number of rotatable bonds is 15. The van der Waals surface area contributed by atoms with Gasteiger partial charge < -0.3 is 0 Å². The summed E-state index contributed by atoms with van der Waals surface area (Å²) in [5.41, 5.74) is 9.27. The lowest BCUT2D eigenvalue weighted by atomic mass is 9.94. The third kappa shape index (κ3) is 10.1. The maximum absolute atomic E-state index is 5.73. The van der Waals surface area contributed by atoms with E-state index < -0.39 is 16.1 Å². The summed E-state index contributed by atoms with van der Waals surface area (Å²) >= 11 is 0. The Bertz CT molecular complexity index is 5080. The summed E-state index contributed by atoms with van der Waals surface area (Å²) in [7, 11) is -5.86. The minimum atomic E-state index is -2.94. The smallest absolute Gasteiger partial charge is 0.179 e. The molecule has 0 fully saturated rings. The van der Waals surface area contributed by atoms with Crippen LogP contribution in [0.3, 0.4) is 0 Å². The largest absolute Gasteiger partial charge is 0.294 e. The fraction of sp³-hybridized carbons (Fsp3) is 0. The van der Waals surface area contributed by atoms with Crippen molar-refractivity contribution >= 4 is 79.4 Å². The monoisotopic (exact) mass is 1220 g/mol. The molecule has 0 N–H and O–H groups in total. The van der Waals surface area contributed by atoms with E-state index >= 15 is 0 Å². The molecule has 0 atom stereocenters. The highest BCUT2D eigenvalue weighted by atomic mass is 28.3. The average molecular weight is 1220 g/mol. The molecule has 0 radical (unpaired) electrons. The normalized spacial score (nSPS) is 11.7. The molecule has 16 aromatic rings. The molecule has 0 saturated carbocycles. The lowest BCUT2D eigenvalue weighted by Crippen LogP contribution is -2.74. The van der Waals surface area contributed by atoms with Crippen LogP contribution in [-0.4, -0.2) is 45.6 Å². The fourth-order valence-electron chi connectivity index (χ4n) is 14.1. The number of para-hydroxylation sites is 2. The van der Waals surface area contributed by atoms with Gasteiger partial charge in [0.05, 0.1) is 16.7 Å². The zero-order valence-corrected chi connectivity index (χ0v) is 52.8. The Labute approximate surface area is 543 Å². The van der Waals surface area contributed by atoms with Crippen LogP contribution in [0.15, 0.2) is 364 Å². The van der Waals surface area contributed by atoms with Gasteiger partial charge in [0.1, 0.15) is 5.82 Å². The molecule has 3 aromatic heterocycles. The van der Waals surface area contributed by atoms with E-state index in [1.807, 2.05) is 18.2 Å².